The van der Waals surface area contributed by atoms with Gasteiger partial charge in [-0.3, -0.25) is 0 Å². The molecule has 5 heteroatoms. The molecule has 0 saturated heterocycles. The van der Waals surface area contributed by atoms with Crippen molar-refractivity contribution in [1.29, 1.82) is 0 Å². The summed E-state index contributed by atoms with van der Waals surface area (Å²) in [4.78, 5) is 0. The van der Waals surface area contributed by atoms with Gasteiger partial charge in [0.2, 0.25) is 0 Å². The first-order valence-electron chi connectivity index (χ1n) is 4.97. The molecular formula is C11H16O4S. The molecular weight excluding hydrogens is 228 g/mol. The molecule has 0 heterocycles. The predicted octanol–water partition coefficient (Wildman–Crippen LogP) is 1.16. The van der Waals surface area contributed by atoms with E-state index in [2.05, 4.69) is 0 Å². The fraction of sp³-hybridized carbons (Fsp3) is 0.455. The van der Waals surface area contributed by atoms with Crippen LogP contribution in [0.2, 0.25) is 0 Å². The minimum absolute atomic E-state index is 0.0266. The molecule has 1 rings (SSSR count). The van der Waals surface area contributed by atoms with Crippen molar-refractivity contribution in [3.05, 3.63) is 29.8 Å². The number of hydrogen-bond acceptors (Lipinski definition) is 4. The van der Waals surface area contributed by atoms with Crippen LogP contribution in [-0.4, -0.2) is 32.1 Å². The number of aliphatic hydroxyl groups excluding tert-OH is 1. The summed E-state index contributed by atoms with van der Waals surface area (Å²) in [6.45, 7) is 1.74. The lowest BCUT2D eigenvalue weighted by atomic mass is 10.1. The van der Waals surface area contributed by atoms with Crippen LogP contribution in [0.15, 0.2) is 24.3 Å². The normalized spacial score (nSPS) is 13.4. The van der Waals surface area contributed by atoms with E-state index in [0.717, 1.165) is 6.26 Å². The summed E-state index contributed by atoms with van der Waals surface area (Å²) < 4.78 is 27.2. The number of para-hydroxylation sites is 1. The van der Waals surface area contributed by atoms with Crippen molar-refractivity contribution in [2.75, 3.05) is 18.6 Å². The predicted molar refractivity (Wildman–Crippen MR) is 62.3 cm³/mol. The summed E-state index contributed by atoms with van der Waals surface area (Å²) in [7, 11) is -3.01. The molecule has 0 spiro atoms. The van der Waals surface area contributed by atoms with E-state index in [9.17, 15) is 13.5 Å². The van der Waals surface area contributed by atoms with Crippen LogP contribution in [0, 0.1) is 0 Å². The number of benzene rings is 1. The van der Waals surface area contributed by atoms with Crippen LogP contribution in [0.3, 0.4) is 0 Å². The molecule has 0 amide bonds. The lowest BCUT2D eigenvalue weighted by molar-refractivity contribution is 0.192. The van der Waals surface area contributed by atoms with E-state index in [-0.39, 0.29) is 12.4 Å². The fourth-order valence-corrected chi connectivity index (χ4v) is 1.65. The van der Waals surface area contributed by atoms with Gasteiger partial charge >= 0.3 is 0 Å². The molecule has 0 radical (unpaired) electrons. The summed E-state index contributed by atoms with van der Waals surface area (Å²) in [6.07, 6.45) is 0.533. The van der Waals surface area contributed by atoms with E-state index in [1.807, 2.05) is 0 Å². The molecule has 90 valence electrons. The van der Waals surface area contributed by atoms with Crippen LogP contribution in [-0.2, 0) is 9.84 Å². The summed E-state index contributed by atoms with van der Waals surface area (Å²) >= 11 is 0. The van der Waals surface area contributed by atoms with Crippen molar-refractivity contribution in [3.63, 3.8) is 0 Å². The quantitative estimate of drug-likeness (QED) is 0.844. The van der Waals surface area contributed by atoms with Crippen LogP contribution in [0.1, 0.15) is 18.6 Å². The molecule has 0 fully saturated rings. The molecule has 0 saturated carbocycles. The van der Waals surface area contributed by atoms with Gasteiger partial charge in [0.05, 0.1) is 11.9 Å². The van der Waals surface area contributed by atoms with Gasteiger partial charge in [-0.25, -0.2) is 8.42 Å². The summed E-state index contributed by atoms with van der Waals surface area (Å²) in [6, 6.07) is 7.04. The molecule has 0 bridgehead atoms. The first-order chi connectivity index (χ1) is 7.40. The second kappa shape index (κ2) is 5.32. The maximum absolute atomic E-state index is 10.9. The van der Waals surface area contributed by atoms with Gasteiger partial charge in [-0.05, 0) is 13.0 Å². The van der Waals surface area contributed by atoms with Gasteiger partial charge in [0.25, 0.3) is 0 Å². The van der Waals surface area contributed by atoms with Crippen molar-refractivity contribution >= 4 is 9.84 Å². The van der Waals surface area contributed by atoms with Crippen molar-refractivity contribution in [2.45, 2.75) is 13.0 Å². The Balaban J connectivity index is 2.67. The van der Waals surface area contributed by atoms with E-state index >= 15 is 0 Å². The number of hydrogen-bond donors (Lipinski definition) is 1. The summed E-state index contributed by atoms with van der Waals surface area (Å²) in [5.74, 6) is 0.502. The van der Waals surface area contributed by atoms with E-state index in [1.165, 1.54) is 0 Å². The van der Waals surface area contributed by atoms with Crippen LogP contribution >= 0.6 is 0 Å². The molecule has 0 aliphatic rings. The third kappa shape index (κ3) is 4.20. The average Bonchev–Trinajstić information content (AvgIpc) is 2.16. The zero-order valence-corrected chi connectivity index (χ0v) is 10.2. The third-order valence-electron chi connectivity index (χ3n) is 2.08. The van der Waals surface area contributed by atoms with Gasteiger partial charge in [0.15, 0.2) is 9.84 Å². The highest BCUT2D eigenvalue weighted by atomic mass is 32.2. The molecule has 0 aliphatic carbocycles. The number of rotatable bonds is 5. The molecule has 1 aromatic rings. The number of sulfone groups is 1. The van der Waals surface area contributed by atoms with Gasteiger partial charge in [-0.15, -0.1) is 0 Å². The van der Waals surface area contributed by atoms with Gasteiger partial charge in [-0.1, -0.05) is 18.2 Å². The molecule has 0 aliphatic heterocycles. The Morgan fingerprint density at radius 1 is 1.38 bits per heavy atom. The van der Waals surface area contributed by atoms with Crippen molar-refractivity contribution in [2.24, 2.45) is 0 Å². The van der Waals surface area contributed by atoms with Gasteiger partial charge in [0, 0.05) is 11.8 Å². The van der Waals surface area contributed by atoms with Crippen molar-refractivity contribution < 1.29 is 18.3 Å². The lowest BCUT2D eigenvalue weighted by Gasteiger charge is -2.12. The summed E-state index contributed by atoms with van der Waals surface area (Å²) in [5, 5.41) is 9.47. The van der Waals surface area contributed by atoms with Crippen LogP contribution in [0.4, 0.5) is 0 Å². The molecule has 4 nitrogen and oxygen atoms in total. The highest BCUT2D eigenvalue weighted by Gasteiger charge is 2.09. The molecule has 1 N–H and O–H groups in total. The van der Waals surface area contributed by atoms with E-state index in [1.54, 1.807) is 31.2 Å². The SMILES string of the molecule is CC(O)c1ccccc1OCCS(C)(=O)=O. The highest BCUT2D eigenvalue weighted by molar-refractivity contribution is 7.90. The molecule has 1 aromatic carbocycles. The van der Waals surface area contributed by atoms with Crippen molar-refractivity contribution in [1.82, 2.24) is 0 Å². The first-order valence-corrected chi connectivity index (χ1v) is 7.04. The average molecular weight is 244 g/mol. The zero-order valence-electron chi connectivity index (χ0n) is 9.38. The van der Waals surface area contributed by atoms with Crippen LogP contribution in [0.5, 0.6) is 5.75 Å². The number of ether oxygens (including phenoxy) is 1. The Kier molecular flexibility index (Phi) is 4.32. The Morgan fingerprint density at radius 3 is 2.56 bits per heavy atom. The zero-order chi connectivity index (χ0) is 12.2. The van der Waals surface area contributed by atoms with E-state index in [4.69, 9.17) is 4.74 Å². The Labute approximate surface area is 95.8 Å². The number of aliphatic hydroxyl groups is 1. The smallest absolute Gasteiger partial charge is 0.150 e. The topological polar surface area (TPSA) is 63.6 Å². The maximum atomic E-state index is 10.9. The third-order valence-corrected chi connectivity index (χ3v) is 2.99. The molecule has 16 heavy (non-hydrogen) atoms. The Bertz CT molecular complexity index is 437. The standard InChI is InChI=1S/C11H16O4S/c1-9(12)10-5-3-4-6-11(10)15-7-8-16(2,13)14/h3-6,9,12H,7-8H2,1-2H3. The largest absolute Gasteiger partial charge is 0.492 e. The van der Waals surface area contributed by atoms with E-state index < -0.39 is 15.9 Å². The molecule has 0 aromatic heterocycles. The summed E-state index contributed by atoms with van der Waals surface area (Å²) in [5.41, 5.74) is 0.663. The minimum Gasteiger partial charge on any atom is -0.492 e. The van der Waals surface area contributed by atoms with Crippen molar-refractivity contribution in [3.8, 4) is 5.75 Å². The fourth-order valence-electron chi connectivity index (χ4n) is 1.26. The van der Waals surface area contributed by atoms with Gasteiger partial charge < -0.3 is 9.84 Å². The second-order valence-electron chi connectivity index (χ2n) is 3.69. The monoisotopic (exact) mass is 244 g/mol. The lowest BCUT2D eigenvalue weighted by Crippen LogP contribution is -2.13. The van der Waals surface area contributed by atoms with Crippen LogP contribution in [0.25, 0.3) is 0 Å². The highest BCUT2D eigenvalue weighted by Crippen LogP contribution is 2.24. The second-order valence-corrected chi connectivity index (χ2v) is 5.95. The molecule has 1 unspecified atom stereocenters. The van der Waals surface area contributed by atoms with Crippen LogP contribution < -0.4 is 4.74 Å². The van der Waals surface area contributed by atoms with Gasteiger partial charge in [-0.2, -0.15) is 0 Å². The minimum atomic E-state index is -3.01. The Hall–Kier alpha value is -1.07. The Morgan fingerprint density at radius 2 is 2.00 bits per heavy atom. The first kappa shape index (κ1) is 13.0. The van der Waals surface area contributed by atoms with Gasteiger partial charge in [0.1, 0.15) is 12.4 Å². The van der Waals surface area contributed by atoms with E-state index in [0.29, 0.717) is 11.3 Å². The molecule has 1 atom stereocenters. The maximum Gasteiger partial charge on any atom is 0.150 e.